The van der Waals surface area contributed by atoms with Gasteiger partial charge in [-0.25, -0.2) is 0 Å². The first-order valence-electron chi connectivity index (χ1n) is 8.69. The van der Waals surface area contributed by atoms with Crippen molar-refractivity contribution in [2.75, 3.05) is 14.2 Å². The number of benzene rings is 1. The molecule has 0 unspecified atom stereocenters. The summed E-state index contributed by atoms with van der Waals surface area (Å²) in [5.74, 6) is 1.69. The van der Waals surface area contributed by atoms with Crippen LogP contribution in [-0.4, -0.2) is 25.3 Å². The molecule has 0 fully saturated rings. The van der Waals surface area contributed by atoms with E-state index in [1.807, 2.05) is 0 Å². The molecule has 0 aliphatic rings. The Morgan fingerprint density at radius 1 is 1.08 bits per heavy atom. The van der Waals surface area contributed by atoms with Gasteiger partial charge in [-0.1, -0.05) is 43.3 Å². The van der Waals surface area contributed by atoms with E-state index in [1.165, 1.54) is 11.1 Å². The van der Waals surface area contributed by atoms with E-state index < -0.39 is 0 Å². The summed E-state index contributed by atoms with van der Waals surface area (Å²) in [5.41, 5.74) is 4.50. The second kappa shape index (κ2) is 11.9. The number of nitrogens with zero attached hydrogens (tertiary/aromatic N) is 2. The van der Waals surface area contributed by atoms with E-state index in [0.29, 0.717) is 19.7 Å². The maximum absolute atomic E-state index is 5.40. The molecule has 0 amide bonds. The zero-order valence-corrected chi connectivity index (χ0v) is 18.3. The molecular formula is C19H29IN4O2. The number of aromatic nitrogens is 1. The Kier molecular flexibility index (Phi) is 10.3. The van der Waals surface area contributed by atoms with Crippen molar-refractivity contribution >= 4 is 29.9 Å². The van der Waals surface area contributed by atoms with Crippen LogP contribution >= 0.6 is 24.0 Å². The molecular weight excluding hydrogens is 443 g/mol. The molecule has 2 rings (SSSR count). The third kappa shape index (κ3) is 6.28. The molecule has 1 aromatic carbocycles. The molecule has 0 bridgehead atoms. The molecule has 1 aromatic heterocycles. The van der Waals surface area contributed by atoms with Crippen molar-refractivity contribution < 1.29 is 9.26 Å². The van der Waals surface area contributed by atoms with Gasteiger partial charge >= 0.3 is 0 Å². The van der Waals surface area contributed by atoms with E-state index in [1.54, 1.807) is 14.2 Å². The number of guanidine groups is 1. The monoisotopic (exact) mass is 472 g/mol. The zero-order chi connectivity index (χ0) is 18.1. The summed E-state index contributed by atoms with van der Waals surface area (Å²) in [6.45, 7) is 6.15. The van der Waals surface area contributed by atoms with Crippen LogP contribution in [0.1, 0.15) is 42.0 Å². The lowest BCUT2D eigenvalue weighted by atomic mass is 10.1. The Bertz CT molecular complexity index is 662. The zero-order valence-electron chi connectivity index (χ0n) is 16.0. The fraction of sp³-hybridized carbons (Fsp3) is 0.474. The largest absolute Gasteiger partial charge is 0.380 e. The van der Waals surface area contributed by atoms with Gasteiger partial charge in [0.25, 0.3) is 0 Å². The van der Waals surface area contributed by atoms with Gasteiger partial charge in [-0.2, -0.15) is 0 Å². The molecule has 26 heavy (non-hydrogen) atoms. The quantitative estimate of drug-likeness (QED) is 0.350. The third-order valence-corrected chi connectivity index (χ3v) is 4.06. The van der Waals surface area contributed by atoms with E-state index >= 15 is 0 Å². The molecule has 6 nitrogen and oxygen atoms in total. The number of aryl methyl sites for hydroxylation is 2. The highest BCUT2D eigenvalue weighted by atomic mass is 127. The van der Waals surface area contributed by atoms with Crippen molar-refractivity contribution in [2.24, 2.45) is 4.99 Å². The Labute approximate surface area is 172 Å². The predicted molar refractivity (Wildman–Crippen MR) is 115 cm³/mol. The van der Waals surface area contributed by atoms with Gasteiger partial charge in [0.2, 0.25) is 0 Å². The number of rotatable bonds is 8. The summed E-state index contributed by atoms with van der Waals surface area (Å²) in [5, 5.41) is 10.8. The molecule has 0 radical (unpaired) electrons. The molecule has 2 aromatic rings. The second-order valence-corrected chi connectivity index (χ2v) is 5.77. The summed E-state index contributed by atoms with van der Waals surface area (Å²) in [7, 11) is 3.47. The van der Waals surface area contributed by atoms with Crippen molar-refractivity contribution in [2.45, 2.75) is 46.4 Å². The van der Waals surface area contributed by atoms with Crippen LogP contribution in [0.3, 0.4) is 0 Å². The Balaban J connectivity index is 0.00000338. The number of ether oxygens (including phenoxy) is 1. The topological polar surface area (TPSA) is 71.7 Å². The van der Waals surface area contributed by atoms with E-state index in [-0.39, 0.29) is 24.0 Å². The molecule has 0 saturated carbocycles. The minimum atomic E-state index is 0. The van der Waals surface area contributed by atoms with Gasteiger partial charge in [0.05, 0.1) is 12.3 Å². The van der Waals surface area contributed by atoms with Crippen LogP contribution in [0.15, 0.2) is 33.8 Å². The van der Waals surface area contributed by atoms with Crippen LogP contribution in [0.25, 0.3) is 0 Å². The van der Waals surface area contributed by atoms with Gasteiger partial charge in [-0.3, -0.25) is 4.99 Å². The molecule has 0 spiro atoms. The summed E-state index contributed by atoms with van der Waals surface area (Å²) in [4.78, 5) is 4.28. The second-order valence-electron chi connectivity index (χ2n) is 5.77. The SMILES string of the molecule is CCc1noc(CC)c1CNC(=NC)NCc1ccc(COC)cc1.I. The normalized spacial score (nSPS) is 11.2. The number of aliphatic imine (C=N–C) groups is 1. The van der Waals surface area contributed by atoms with E-state index in [9.17, 15) is 0 Å². The molecule has 0 aliphatic carbocycles. The Morgan fingerprint density at radius 2 is 1.73 bits per heavy atom. The molecule has 2 N–H and O–H groups in total. The Morgan fingerprint density at radius 3 is 2.31 bits per heavy atom. The number of halogens is 1. The molecule has 1 heterocycles. The average Bonchev–Trinajstić information content (AvgIpc) is 3.05. The fourth-order valence-electron chi connectivity index (χ4n) is 2.64. The van der Waals surface area contributed by atoms with Crippen molar-refractivity contribution in [3.8, 4) is 0 Å². The lowest BCUT2D eigenvalue weighted by Gasteiger charge is -2.12. The Hall–Kier alpha value is -1.61. The first-order chi connectivity index (χ1) is 12.2. The van der Waals surface area contributed by atoms with E-state index in [4.69, 9.17) is 9.26 Å². The molecule has 0 saturated heterocycles. The smallest absolute Gasteiger partial charge is 0.191 e. The van der Waals surface area contributed by atoms with Gasteiger partial charge < -0.3 is 19.9 Å². The van der Waals surface area contributed by atoms with Crippen molar-refractivity contribution in [3.05, 3.63) is 52.4 Å². The van der Waals surface area contributed by atoms with Gasteiger partial charge in [-0.05, 0) is 17.5 Å². The van der Waals surface area contributed by atoms with Crippen LogP contribution in [0, 0.1) is 0 Å². The standard InChI is InChI=1S/C19H28N4O2.HI/c1-5-17-16(18(6-2)25-23-17)12-22-19(20-3)21-11-14-7-9-15(10-8-14)13-24-4;/h7-10H,5-6,11-13H2,1-4H3,(H2,20,21,22);1H. The van der Waals surface area contributed by atoms with Gasteiger partial charge in [0.15, 0.2) is 5.96 Å². The predicted octanol–water partition coefficient (Wildman–Crippen LogP) is 3.43. The first kappa shape index (κ1) is 22.4. The van der Waals surface area contributed by atoms with Gasteiger partial charge in [0.1, 0.15) is 5.76 Å². The maximum atomic E-state index is 5.40. The highest BCUT2D eigenvalue weighted by Crippen LogP contribution is 2.15. The van der Waals surface area contributed by atoms with Crippen molar-refractivity contribution in [3.63, 3.8) is 0 Å². The van der Waals surface area contributed by atoms with Crippen LogP contribution in [0.4, 0.5) is 0 Å². The first-order valence-corrected chi connectivity index (χ1v) is 8.69. The van der Waals surface area contributed by atoms with E-state index in [0.717, 1.165) is 35.8 Å². The lowest BCUT2D eigenvalue weighted by Crippen LogP contribution is -2.36. The van der Waals surface area contributed by atoms with Gasteiger partial charge in [-0.15, -0.1) is 24.0 Å². The van der Waals surface area contributed by atoms with Crippen LogP contribution < -0.4 is 10.6 Å². The summed E-state index contributed by atoms with van der Waals surface area (Å²) in [6.07, 6.45) is 1.70. The fourth-order valence-corrected chi connectivity index (χ4v) is 2.64. The van der Waals surface area contributed by atoms with Crippen LogP contribution in [-0.2, 0) is 37.3 Å². The highest BCUT2D eigenvalue weighted by molar-refractivity contribution is 14.0. The van der Waals surface area contributed by atoms with Crippen molar-refractivity contribution in [1.82, 2.24) is 15.8 Å². The maximum Gasteiger partial charge on any atom is 0.191 e. The van der Waals surface area contributed by atoms with E-state index in [2.05, 4.69) is 58.9 Å². The molecule has 0 aliphatic heterocycles. The highest BCUT2D eigenvalue weighted by Gasteiger charge is 2.13. The lowest BCUT2D eigenvalue weighted by molar-refractivity contribution is 0.185. The third-order valence-electron chi connectivity index (χ3n) is 4.06. The summed E-state index contributed by atoms with van der Waals surface area (Å²) >= 11 is 0. The van der Waals surface area contributed by atoms with Crippen LogP contribution in [0.2, 0.25) is 0 Å². The minimum absolute atomic E-state index is 0. The summed E-state index contributed by atoms with van der Waals surface area (Å²) in [6, 6.07) is 8.35. The number of hydrogen-bond acceptors (Lipinski definition) is 4. The van der Waals surface area contributed by atoms with Crippen LogP contribution in [0.5, 0.6) is 0 Å². The molecule has 0 atom stereocenters. The summed E-state index contributed by atoms with van der Waals surface area (Å²) < 4.78 is 10.5. The minimum Gasteiger partial charge on any atom is -0.380 e. The number of methoxy groups -OCH3 is 1. The van der Waals surface area contributed by atoms with Crippen molar-refractivity contribution in [1.29, 1.82) is 0 Å². The average molecular weight is 472 g/mol. The number of hydrogen-bond donors (Lipinski definition) is 2. The number of nitrogens with one attached hydrogen (secondary N) is 2. The molecule has 144 valence electrons. The van der Waals surface area contributed by atoms with Gasteiger partial charge in [0, 0.05) is 39.2 Å². The molecule has 7 heteroatoms.